The molecule has 0 atom stereocenters. The molecule has 21 heavy (non-hydrogen) atoms. The van der Waals surface area contributed by atoms with Crippen LogP contribution in [0.4, 0.5) is 0 Å². The molecule has 112 valence electrons. The molecule has 1 aromatic heterocycles. The first-order chi connectivity index (χ1) is 10.2. The fourth-order valence-electron chi connectivity index (χ4n) is 3.39. The Balaban J connectivity index is 2.09. The number of rotatable bonds is 4. The SMILES string of the molecule is CCn1c(C)c(CCC(=O)OC)c2cc3c(cc21)CNC3. The number of methoxy groups -OCH3 is 1. The number of ether oxygens (including phenoxy) is 1. The highest BCUT2D eigenvalue weighted by atomic mass is 16.5. The van der Waals surface area contributed by atoms with Gasteiger partial charge < -0.3 is 14.6 Å². The van der Waals surface area contributed by atoms with Gasteiger partial charge in [-0.25, -0.2) is 0 Å². The van der Waals surface area contributed by atoms with Crippen LogP contribution in [0.5, 0.6) is 0 Å². The maximum absolute atomic E-state index is 11.5. The van der Waals surface area contributed by atoms with E-state index in [4.69, 9.17) is 4.74 Å². The average Bonchev–Trinajstić information content (AvgIpc) is 3.04. The summed E-state index contributed by atoms with van der Waals surface area (Å²) in [7, 11) is 1.45. The van der Waals surface area contributed by atoms with Gasteiger partial charge in [0.15, 0.2) is 0 Å². The summed E-state index contributed by atoms with van der Waals surface area (Å²) in [5.41, 5.74) is 6.63. The first-order valence-corrected chi connectivity index (χ1v) is 7.56. The van der Waals surface area contributed by atoms with Crippen LogP contribution in [0.25, 0.3) is 10.9 Å². The summed E-state index contributed by atoms with van der Waals surface area (Å²) in [6.45, 7) is 7.17. The number of nitrogens with zero attached hydrogens (tertiary/aromatic N) is 1. The number of aromatic nitrogens is 1. The van der Waals surface area contributed by atoms with Crippen molar-refractivity contribution in [3.05, 3.63) is 34.5 Å². The number of fused-ring (bicyclic) bond motifs is 2. The lowest BCUT2D eigenvalue weighted by atomic mass is 10.0. The van der Waals surface area contributed by atoms with Crippen LogP contribution in [0.1, 0.15) is 35.7 Å². The van der Waals surface area contributed by atoms with Crippen molar-refractivity contribution < 1.29 is 9.53 Å². The van der Waals surface area contributed by atoms with Gasteiger partial charge in [0, 0.05) is 42.7 Å². The Hall–Kier alpha value is -1.81. The topological polar surface area (TPSA) is 43.3 Å². The van der Waals surface area contributed by atoms with Crippen molar-refractivity contribution in [1.82, 2.24) is 9.88 Å². The van der Waals surface area contributed by atoms with Crippen LogP contribution in [-0.4, -0.2) is 17.6 Å². The third-order valence-electron chi connectivity index (χ3n) is 4.53. The molecule has 2 aromatic rings. The van der Waals surface area contributed by atoms with E-state index >= 15 is 0 Å². The predicted molar refractivity (Wildman–Crippen MR) is 83.2 cm³/mol. The van der Waals surface area contributed by atoms with Gasteiger partial charge in [0.1, 0.15) is 0 Å². The first kappa shape index (κ1) is 14.1. The van der Waals surface area contributed by atoms with Crippen molar-refractivity contribution in [2.75, 3.05) is 7.11 Å². The number of hydrogen-bond acceptors (Lipinski definition) is 3. The number of aryl methyl sites for hydroxylation is 2. The van der Waals surface area contributed by atoms with E-state index in [9.17, 15) is 4.79 Å². The summed E-state index contributed by atoms with van der Waals surface area (Å²) in [6, 6.07) is 4.61. The zero-order valence-electron chi connectivity index (χ0n) is 13.0. The first-order valence-electron chi connectivity index (χ1n) is 7.56. The number of hydrogen-bond donors (Lipinski definition) is 1. The molecule has 0 spiro atoms. The Morgan fingerprint density at radius 3 is 2.71 bits per heavy atom. The number of carbonyl (C=O) groups excluding carboxylic acids is 1. The van der Waals surface area contributed by atoms with E-state index in [1.54, 1.807) is 0 Å². The third-order valence-corrected chi connectivity index (χ3v) is 4.53. The lowest BCUT2D eigenvalue weighted by molar-refractivity contribution is -0.140. The molecule has 1 N–H and O–H groups in total. The summed E-state index contributed by atoms with van der Waals surface area (Å²) in [5.74, 6) is -0.144. The van der Waals surface area contributed by atoms with Crippen molar-refractivity contribution in [3.63, 3.8) is 0 Å². The van der Waals surface area contributed by atoms with Crippen LogP contribution in [0.3, 0.4) is 0 Å². The van der Waals surface area contributed by atoms with Crippen LogP contribution < -0.4 is 5.32 Å². The van der Waals surface area contributed by atoms with E-state index in [2.05, 4.69) is 35.9 Å². The van der Waals surface area contributed by atoms with Gasteiger partial charge in [-0.2, -0.15) is 0 Å². The van der Waals surface area contributed by atoms with E-state index in [0.29, 0.717) is 6.42 Å². The smallest absolute Gasteiger partial charge is 0.305 e. The van der Waals surface area contributed by atoms with E-state index in [0.717, 1.165) is 26.1 Å². The van der Waals surface area contributed by atoms with Gasteiger partial charge in [-0.15, -0.1) is 0 Å². The summed E-state index contributed by atoms with van der Waals surface area (Å²) in [6.07, 6.45) is 1.18. The second-order valence-electron chi connectivity index (χ2n) is 5.63. The molecule has 1 aromatic carbocycles. The quantitative estimate of drug-likeness (QED) is 0.879. The van der Waals surface area contributed by atoms with Crippen LogP contribution in [0.2, 0.25) is 0 Å². The number of nitrogens with one attached hydrogen (secondary N) is 1. The van der Waals surface area contributed by atoms with Crippen molar-refractivity contribution in [1.29, 1.82) is 0 Å². The molecule has 3 rings (SSSR count). The minimum absolute atomic E-state index is 0.144. The van der Waals surface area contributed by atoms with Gasteiger partial charge >= 0.3 is 5.97 Å². The summed E-state index contributed by atoms with van der Waals surface area (Å²) >= 11 is 0. The van der Waals surface area contributed by atoms with Crippen molar-refractivity contribution in [2.45, 2.75) is 46.3 Å². The molecular weight excluding hydrogens is 264 g/mol. The summed E-state index contributed by atoms with van der Waals surface area (Å²) in [5, 5.41) is 4.69. The Morgan fingerprint density at radius 2 is 2.05 bits per heavy atom. The van der Waals surface area contributed by atoms with Crippen LogP contribution in [0.15, 0.2) is 12.1 Å². The molecule has 1 aliphatic heterocycles. The molecule has 0 saturated carbocycles. The zero-order valence-corrected chi connectivity index (χ0v) is 13.0. The van der Waals surface area contributed by atoms with Crippen molar-refractivity contribution in [2.24, 2.45) is 0 Å². The number of esters is 1. The van der Waals surface area contributed by atoms with Crippen LogP contribution in [0, 0.1) is 6.92 Å². The van der Waals surface area contributed by atoms with E-state index in [-0.39, 0.29) is 5.97 Å². The fourth-order valence-corrected chi connectivity index (χ4v) is 3.39. The molecule has 4 nitrogen and oxygen atoms in total. The van der Waals surface area contributed by atoms with Crippen LogP contribution >= 0.6 is 0 Å². The highest BCUT2D eigenvalue weighted by molar-refractivity contribution is 5.88. The third kappa shape index (κ3) is 2.33. The van der Waals surface area contributed by atoms with Gasteiger partial charge in [0.25, 0.3) is 0 Å². The minimum Gasteiger partial charge on any atom is -0.469 e. The maximum Gasteiger partial charge on any atom is 0.305 e. The minimum atomic E-state index is -0.144. The molecule has 0 aliphatic carbocycles. The summed E-state index contributed by atoms with van der Waals surface area (Å²) in [4.78, 5) is 11.5. The Bertz CT molecular complexity index is 701. The molecule has 0 saturated heterocycles. The van der Waals surface area contributed by atoms with Gasteiger partial charge in [-0.1, -0.05) is 0 Å². The van der Waals surface area contributed by atoms with Gasteiger partial charge in [-0.3, -0.25) is 4.79 Å². The highest BCUT2D eigenvalue weighted by Crippen LogP contribution is 2.31. The van der Waals surface area contributed by atoms with E-state index in [1.165, 1.54) is 40.4 Å². The van der Waals surface area contributed by atoms with Crippen LogP contribution in [-0.2, 0) is 35.6 Å². The Labute approximate surface area is 125 Å². The Morgan fingerprint density at radius 1 is 1.33 bits per heavy atom. The largest absolute Gasteiger partial charge is 0.469 e. The molecule has 0 unspecified atom stereocenters. The lowest BCUT2D eigenvalue weighted by Gasteiger charge is -2.05. The molecule has 0 bridgehead atoms. The summed E-state index contributed by atoms with van der Waals surface area (Å²) < 4.78 is 7.12. The molecule has 4 heteroatoms. The van der Waals surface area contributed by atoms with Crippen molar-refractivity contribution >= 4 is 16.9 Å². The second-order valence-corrected chi connectivity index (χ2v) is 5.63. The van der Waals surface area contributed by atoms with E-state index < -0.39 is 0 Å². The molecule has 1 aliphatic rings. The zero-order chi connectivity index (χ0) is 15.0. The molecule has 2 heterocycles. The average molecular weight is 286 g/mol. The Kier molecular flexibility index (Phi) is 3.72. The van der Waals surface area contributed by atoms with Gasteiger partial charge in [-0.05, 0) is 49.1 Å². The fraction of sp³-hybridized carbons (Fsp3) is 0.471. The lowest BCUT2D eigenvalue weighted by Crippen LogP contribution is -2.03. The molecule has 0 fully saturated rings. The second kappa shape index (κ2) is 5.53. The van der Waals surface area contributed by atoms with Crippen molar-refractivity contribution in [3.8, 4) is 0 Å². The van der Waals surface area contributed by atoms with Gasteiger partial charge in [0.05, 0.1) is 7.11 Å². The van der Waals surface area contributed by atoms with E-state index in [1.807, 2.05) is 0 Å². The molecule has 0 radical (unpaired) electrons. The normalized spacial score (nSPS) is 13.7. The standard InChI is InChI=1S/C17H22N2O2/c1-4-19-11(2)14(5-6-17(20)21-3)15-7-12-9-18-10-13(12)8-16(15)19/h7-8,18H,4-6,9-10H2,1-3H3. The number of carbonyl (C=O) groups is 1. The number of benzene rings is 1. The maximum atomic E-state index is 11.5. The highest BCUT2D eigenvalue weighted by Gasteiger charge is 2.18. The van der Waals surface area contributed by atoms with Gasteiger partial charge in [0.2, 0.25) is 0 Å². The molecular formula is C17H22N2O2. The molecule has 0 amide bonds. The monoisotopic (exact) mass is 286 g/mol. The predicted octanol–water partition coefficient (Wildman–Crippen LogP) is 2.68.